The maximum absolute atomic E-state index is 13.4. The molecular weight excluding hydrogens is 263 g/mol. The molecule has 21 heavy (non-hydrogen) atoms. The number of aryl methyl sites for hydroxylation is 1. The van der Waals surface area contributed by atoms with Crippen molar-refractivity contribution in [1.29, 1.82) is 0 Å². The van der Waals surface area contributed by atoms with Crippen LogP contribution >= 0.6 is 0 Å². The lowest BCUT2D eigenvalue weighted by atomic mass is 9.86. The zero-order valence-corrected chi connectivity index (χ0v) is 13.5. The van der Waals surface area contributed by atoms with Crippen molar-refractivity contribution in [2.24, 2.45) is 0 Å². The molecule has 0 spiro atoms. The van der Waals surface area contributed by atoms with E-state index in [0.717, 1.165) is 27.8 Å². The maximum atomic E-state index is 13.4. The fourth-order valence-electron chi connectivity index (χ4n) is 2.77. The van der Waals surface area contributed by atoms with Crippen LogP contribution in [0.4, 0.5) is 4.39 Å². The van der Waals surface area contributed by atoms with Crippen LogP contribution in [0.15, 0.2) is 18.2 Å². The van der Waals surface area contributed by atoms with Crippen LogP contribution in [-0.4, -0.2) is 5.78 Å². The summed E-state index contributed by atoms with van der Waals surface area (Å²) >= 11 is 0. The van der Waals surface area contributed by atoms with Gasteiger partial charge in [0, 0.05) is 11.1 Å². The SMILES string of the molecule is Cc1cc(C(=O)c2c(C)c(C)c(C)c(C)c2C)ccc1F. The molecule has 0 atom stereocenters. The van der Waals surface area contributed by atoms with Crippen molar-refractivity contribution in [3.8, 4) is 0 Å². The molecule has 0 amide bonds. The Morgan fingerprint density at radius 2 is 1.29 bits per heavy atom. The molecule has 0 aromatic heterocycles. The smallest absolute Gasteiger partial charge is 0.193 e. The van der Waals surface area contributed by atoms with Gasteiger partial charge in [0.15, 0.2) is 5.78 Å². The minimum atomic E-state index is -0.281. The minimum Gasteiger partial charge on any atom is -0.289 e. The van der Waals surface area contributed by atoms with E-state index in [-0.39, 0.29) is 11.6 Å². The van der Waals surface area contributed by atoms with E-state index in [0.29, 0.717) is 11.1 Å². The summed E-state index contributed by atoms with van der Waals surface area (Å²) in [6.07, 6.45) is 0. The summed E-state index contributed by atoms with van der Waals surface area (Å²) < 4.78 is 13.4. The number of carbonyl (C=O) groups is 1. The van der Waals surface area contributed by atoms with Gasteiger partial charge in [-0.3, -0.25) is 4.79 Å². The highest BCUT2D eigenvalue weighted by molar-refractivity contribution is 6.11. The lowest BCUT2D eigenvalue weighted by Crippen LogP contribution is -2.11. The van der Waals surface area contributed by atoms with Crippen LogP contribution < -0.4 is 0 Å². The fourth-order valence-corrected chi connectivity index (χ4v) is 2.77. The van der Waals surface area contributed by atoms with Gasteiger partial charge < -0.3 is 0 Å². The Bertz CT molecular complexity index is 713. The van der Waals surface area contributed by atoms with Gasteiger partial charge in [0.2, 0.25) is 0 Å². The first-order chi connectivity index (χ1) is 9.75. The molecule has 1 nitrogen and oxygen atoms in total. The van der Waals surface area contributed by atoms with E-state index in [1.807, 2.05) is 27.7 Å². The lowest BCUT2D eigenvalue weighted by Gasteiger charge is -2.18. The molecule has 2 rings (SSSR count). The van der Waals surface area contributed by atoms with E-state index in [1.165, 1.54) is 11.6 Å². The Morgan fingerprint density at radius 1 is 0.810 bits per heavy atom. The van der Waals surface area contributed by atoms with Crippen LogP contribution in [0.1, 0.15) is 49.3 Å². The van der Waals surface area contributed by atoms with Crippen LogP contribution in [-0.2, 0) is 0 Å². The normalized spacial score (nSPS) is 10.8. The Balaban J connectivity index is 2.66. The van der Waals surface area contributed by atoms with Crippen LogP contribution in [0.2, 0.25) is 0 Å². The molecule has 2 aromatic rings. The van der Waals surface area contributed by atoms with Crippen LogP contribution in [0.3, 0.4) is 0 Å². The van der Waals surface area contributed by atoms with Crippen LogP contribution in [0.25, 0.3) is 0 Å². The van der Waals surface area contributed by atoms with Gasteiger partial charge in [0.25, 0.3) is 0 Å². The first-order valence-corrected chi connectivity index (χ1v) is 7.13. The Hall–Kier alpha value is -1.96. The largest absolute Gasteiger partial charge is 0.289 e. The molecule has 0 fully saturated rings. The number of benzene rings is 2. The number of hydrogen-bond acceptors (Lipinski definition) is 1. The fraction of sp³-hybridized carbons (Fsp3) is 0.316. The van der Waals surface area contributed by atoms with Crippen molar-refractivity contribution in [1.82, 2.24) is 0 Å². The maximum Gasteiger partial charge on any atom is 0.193 e. The molecule has 0 aliphatic rings. The Kier molecular flexibility index (Phi) is 3.99. The zero-order valence-electron chi connectivity index (χ0n) is 13.5. The summed E-state index contributed by atoms with van der Waals surface area (Å²) in [7, 11) is 0. The van der Waals surface area contributed by atoms with Gasteiger partial charge in [-0.15, -0.1) is 0 Å². The standard InChI is InChI=1S/C19H21FO/c1-10-9-16(7-8-17(10)20)19(21)18-14(5)12(3)11(2)13(4)15(18)6/h7-9H,1-6H3. The van der Waals surface area contributed by atoms with E-state index in [9.17, 15) is 9.18 Å². The highest BCUT2D eigenvalue weighted by atomic mass is 19.1. The highest BCUT2D eigenvalue weighted by Gasteiger charge is 2.19. The molecule has 0 aliphatic heterocycles. The Labute approximate surface area is 125 Å². The minimum absolute atomic E-state index is 0.0284. The van der Waals surface area contributed by atoms with Gasteiger partial charge in [-0.2, -0.15) is 0 Å². The van der Waals surface area contributed by atoms with E-state index in [4.69, 9.17) is 0 Å². The molecule has 110 valence electrons. The molecule has 0 unspecified atom stereocenters. The van der Waals surface area contributed by atoms with Gasteiger partial charge in [0.05, 0.1) is 0 Å². The van der Waals surface area contributed by atoms with E-state index < -0.39 is 0 Å². The monoisotopic (exact) mass is 284 g/mol. The van der Waals surface area contributed by atoms with Crippen molar-refractivity contribution in [2.45, 2.75) is 41.5 Å². The highest BCUT2D eigenvalue weighted by Crippen LogP contribution is 2.28. The van der Waals surface area contributed by atoms with Crippen molar-refractivity contribution < 1.29 is 9.18 Å². The third-order valence-corrected chi connectivity index (χ3v) is 4.65. The number of halogens is 1. The van der Waals surface area contributed by atoms with E-state index in [2.05, 4.69) is 6.92 Å². The van der Waals surface area contributed by atoms with Gasteiger partial charge in [-0.05, 0) is 93.1 Å². The molecule has 0 heterocycles. The Morgan fingerprint density at radius 3 is 1.76 bits per heavy atom. The summed E-state index contributed by atoms with van der Waals surface area (Å²) in [6, 6.07) is 4.55. The average Bonchev–Trinajstić information content (AvgIpc) is 2.46. The number of hydrogen-bond donors (Lipinski definition) is 0. The summed E-state index contributed by atoms with van der Waals surface area (Å²) in [6.45, 7) is 11.8. The molecular formula is C19H21FO. The van der Waals surface area contributed by atoms with Crippen molar-refractivity contribution in [2.75, 3.05) is 0 Å². The first-order valence-electron chi connectivity index (χ1n) is 7.13. The number of carbonyl (C=O) groups excluding carboxylic acids is 1. The van der Waals surface area contributed by atoms with Gasteiger partial charge in [-0.25, -0.2) is 4.39 Å². The second-order valence-electron chi connectivity index (χ2n) is 5.79. The predicted octanol–water partition coefficient (Wildman–Crippen LogP) is 4.91. The average molecular weight is 284 g/mol. The van der Waals surface area contributed by atoms with Gasteiger partial charge in [-0.1, -0.05) is 0 Å². The number of ketones is 1. The molecule has 0 saturated heterocycles. The summed E-state index contributed by atoms with van der Waals surface area (Å²) in [4.78, 5) is 12.8. The van der Waals surface area contributed by atoms with E-state index >= 15 is 0 Å². The topological polar surface area (TPSA) is 17.1 Å². The first kappa shape index (κ1) is 15.4. The van der Waals surface area contributed by atoms with Crippen molar-refractivity contribution in [3.05, 3.63) is 68.5 Å². The number of rotatable bonds is 2. The predicted molar refractivity (Wildman–Crippen MR) is 84.7 cm³/mol. The zero-order chi connectivity index (χ0) is 15.9. The third kappa shape index (κ3) is 2.51. The summed E-state index contributed by atoms with van der Waals surface area (Å²) in [5.41, 5.74) is 7.36. The lowest BCUT2D eigenvalue weighted by molar-refractivity contribution is 0.103. The van der Waals surface area contributed by atoms with Crippen LogP contribution in [0, 0.1) is 47.4 Å². The van der Waals surface area contributed by atoms with Crippen LogP contribution in [0.5, 0.6) is 0 Å². The van der Waals surface area contributed by atoms with Gasteiger partial charge >= 0.3 is 0 Å². The third-order valence-electron chi connectivity index (χ3n) is 4.65. The summed E-state index contributed by atoms with van der Waals surface area (Å²) in [5, 5.41) is 0. The van der Waals surface area contributed by atoms with Crippen molar-refractivity contribution in [3.63, 3.8) is 0 Å². The molecule has 2 aromatic carbocycles. The molecule has 0 N–H and O–H groups in total. The molecule has 2 heteroatoms. The molecule has 0 saturated carbocycles. The quantitative estimate of drug-likeness (QED) is 0.716. The molecule has 0 bridgehead atoms. The van der Waals surface area contributed by atoms with E-state index in [1.54, 1.807) is 19.1 Å². The van der Waals surface area contributed by atoms with Crippen molar-refractivity contribution >= 4 is 5.78 Å². The van der Waals surface area contributed by atoms with Gasteiger partial charge in [0.1, 0.15) is 5.82 Å². The molecule has 0 radical (unpaired) electrons. The molecule has 0 aliphatic carbocycles. The second kappa shape index (κ2) is 5.44. The summed E-state index contributed by atoms with van der Waals surface area (Å²) in [5.74, 6) is -0.310. The second-order valence-corrected chi connectivity index (χ2v) is 5.79.